The minimum Gasteiger partial charge on any atom is -0.494 e. The number of hydrogen-bond donors (Lipinski definition) is 0. The Hall–Kier alpha value is -1.26. The number of methoxy groups -OCH3 is 1. The van der Waals surface area contributed by atoms with E-state index in [9.17, 15) is 0 Å². The number of hydroxylamine groups is 1. The summed E-state index contributed by atoms with van der Waals surface area (Å²) in [6, 6.07) is 5.64. The number of ether oxygens (including phenoxy) is 1. The van der Waals surface area contributed by atoms with E-state index >= 15 is 0 Å². The topological polar surface area (TPSA) is 34.1 Å². The molecule has 0 aromatic heterocycles. The van der Waals surface area contributed by atoms with Crippen LogP contribution in [0, 0.1) is 0 Å². The lowest BCUT2D eigenvalue weighted by Crippen LogP contribution is -2.29. The summed E-state index contributed by atoms with van der Waals surface area (Å²) in [5, 5.41) is 2.15. The van der Waals surface area contributed by atoms with Crippen molar-refractivity contribution in [2.45, 2.75) is 0 Å². The van der Waals surface area contributed by atoms with Crippen molar-refractivity contribution >= 4 is 28.1 Å². The zero-order valence-electron chi connectivity index (χ0n) is 8.53. The Balaban J connectivity index is 2.55. The molecule has 0 spiro atoms. The van der Waals surface area contributed by atoms with Gasteiger partial charge in [0.05, 0.1) is 26.5 Å². The number of halogens is 1. The minimum absolute atomic E-state index is 0.457. The van der Waals surface area contributed by atoms with Gasteiger partial charge in [-0.15, -0.1) is 0 Å². The van der Waals surface area contributed by atoms with E-state index in [-0.39, 0.29) is 0 Å². The molecule has 1 heterocycles. The van der Waals surface area contributed by atoms with Crippen molar-refractivity contribution in [3.05, 3.63) is 18.2 Å². The fourth-order valence-corrected chi connectivity index (χ4v) is 1.71. The monoisotopic (exact) mass is 226 g/mol. The molecule has 80 valence electrons. The van der Waals surface area contributed by atoms with Gasteiger partial charge >= 0.3 is 0 Å². The Labute approximate surface area is 93.0 Å². The Morgan fingerprint density at radius 3 is 2.87 bits per heavy atom. The number of anilines is 1. The van der Waals surface area contributed by atoms with E-state index in [0.717, 1.165) is 5.69 Å². The summed E-state index contributed by atoms with van der Waals surface area (Å²) < 4.78 is 5.21. The smallest absolute Gasteiger partial charge is 0.146 e. The van der Waals surface area contributed by atoms with Gasteiger partial charge in [-0.25, -0.2) is 10.1 Å². The molecule has 0 fully saturated rings. The lowest BCUT2D eigenvalue weighted by Gasteiger charge is -2.26. The van der Waals surface area contributed by atoms with E-state index in [0.29, 0.717) is 23.2 Å². The predicted molar refractivity (Wildman–Crippen MR) is 60.3 cm³/mol. The second-order valence-electron chi connectivity index (χ2n) is 3.04. The zero-order valence-corrected chi connectivity index (χ0v) is 9.28. The molecule has 1 aromatic carbocycles. The van der Waals surface area contributed by atoms with Gasteiger partial charge in [0.1, 0.15) is 16.6 Å². The SMILES string of the molecule is COc1cccc2c1N=C(Cl)CN2OC. The highest BCUT2D eigenvalue weighted by Gasteiger charge is 2.21. The van der Waals surface area contributed by atoms with Crippen molar-refractivity contribution in [1.29, 1.82) is 0 Å². The van der Waals surface area contributed by atoms with Crippen molar-refractivity contribution in [3.63, 3.8) is 0 Å². The summed E-state index contributed by atoms with van der Waals surface area (Å²) in [6.07, 6.45) is 0. The summed E-state index contributed by atoms with van der Waals surface area (Å²) in [4.78, 5) is 9.45. The first-order chi connectivity index (χ1) is 7.26. The highest BCUT2D eigenvalue weighted by Crippen LogP contribution is 2.40. The standard InChI is InChI=1S/C10H11ClN2O2/c1-14-8-5-3-4-7-10(8)12-9(11)6-13(7)15-2/h3-5H,6H2,1-2H3. The molecular weight excluding hydrogens is 216 g/mol. The van der Waals surface area contributed by atoms with Crippen molar-refractivity contribution in [2.24, 2.45) is 4.99 Å². The molecule has 1 aromatic rings. The van der Waals surface area contributed by atoms with E-state index in [2.05, 4.69) is 4.99 Å². The highest BCUT2D eigenvalue weighted by molar-refractivity contribution is 6.66. The number of nitrogens with zero attached hydrogens (tertiary/aromatic N) is 2. The van der Waals surface area contributed by atoms with Crippen LogP contribution in [0.1, 0.15) is 0 Å². The van der Waals surface area contributed by atoms with Crippen LogP contribution < -0.4 is 9.80 Å². The Bertz CT molecular complexity index is 406. The third-order valence-electron chi connectivity index (χ3n) is 2.19. The molecule has 2 rings (SSSR count). The lowest BCUT2D eigenvalue weighted by atomic mass is 10.2. The minimum atomic E-state index is 0.457. The second kappa shape index (κ2) is 4.08. The molecule has 0 atom stereocenters. The third kappa shape index (κ3) is 1.78. The number of benzene rings is 1. The first-order valence-electron chi connectivity index (χ1n) is 4.48. The third-order valence-corrected chi connectivity index (χ3v) is 2.40. The van der Waals surface area contributed by atoms with E-state index in [1.54, 1.807) is 19.3 Å². The van der Waals surface area contributed by atoms with E-state index in [1.807, 2.05) is 18.2 Å². The van der Waals surface area contributed by atoms with Gasteiger partial charge < -0.3 is 4.74 Å². The lowest BCUT2D eigenvalue weighted by molar-refractivity contribution is 0.177. The van der Waals surface area contributed by atoms with Crippen LogP contribution in [-0.2, 0) is 4.84 Å². The van der Waals surface area contributed by atoms with Gasteiger partial charge in [-0.05, 0) is 12.1 Å². The molecule has 1 aliphatic rings. The van der Waals surface area contributed by atoms with Crippen LogP contribution in [0.15, 0.2) is 23.2 Å². The van der Waals surface area contributed by atoms with Crippen LogP contribution in [0.5, 0.6) is 5.75 Å². The molecular formula is C10H11ClN2O2. The van der Waals surface area contributed by atoms with Gasteiger partial charge in [0.25, 0.3) is 0 Å². The first kappa shape index (κ1) is 10.3. The van der Waals surface area contributed by atoms with Crippen LogP contribution >= 0.6 is 11.6 Å². The van der Waals surface area contributed by atoms with Crippen molar-refractivity contribution in [1.82, 2.24) is 0 Å². The quantitative estimate of drug-likeness (QED) is 0.776. The van der Waals surface area contributed by atoms with Crippen LogP contribution in [0.4, 0.5) is 11.4 Å². The molecule has 0 saturated carbocycles. The Kier molecular flexibility index (Phi) is 2.79. The van der Waals surface area contributed by atoms with Crippen molar-refractivity contribution in [2.75, 3.05) is 25.8 Å². The normalized spacial score (nSPS) is 14.6. The maximum atomic E-state index is 5.92. The molecule has 0 unspecified atom stereocenters. The Morgan fingerprint density at radius 2 is 2.20 bits per heavy atom. The van der Waals surface area contributed by atoms with Gasteiger partial charge in [-0.1, -0.05) is 17.7 Å². The van der Waals surface area contributed by atoms with Gasteiger partial charge in [0.15, 0.2) is 0 Å². The maximum Gasteiger partial charge on any atom is 0.146 e. The van der Waals surface area contributed by atoms with Gasteiger partial charge in [-0.2, -0.15) is 0 Å². The van der Waals surface area contributed by atoms with E-state index < -0.39 is 0 Å². The van der Waals surface area contributed by atoms with E-state index in [1.165, 1.54) is 0 Å². The average molecular weight is 227 g/mol. The van der Waals surface area contributed by atoms with Crippen LogP contribution in [0.2, 0.25) is 0 Å². The molecule has 4 nitrogen and oxygen atoms in total. The van der Waals surface area contributed by atoms with Crippen molar-refractivity contribution in [3.8, 4) is 5.75 Å². The number of hydrogen-bond acceptors (Lipinski definition) is 4. The number of aliphatic imine (C=N–C) groups is 1. The summed E-state index contributed by atoms with van der Waals surface area (Å²) in [5.74, 6) is 0.687. The van der Waals surface area contributed by atoms with Gasteiger partial charge in [0.2, 0.25) is 0 Å². The average Bonchev–Trinajstić information content (AvgIpc) is 2.27. The van der Waals surface area contributed by atoms with E-state index in [4.69, 9.17) is 21.2 Å². The molecule has 0 bridgehead atoms. The molecule has 5 heteroatoms. The molecule has 0 saturated heterocycles. The largest absolute Gasteiger partial charge is 0.494 e. The molecule has 0 aliphatic carbocycles. The summed E-state index contributed by atoms with van der Waals surface area (Å²) >= 11 is 5.92. The zero-order chi connectivity index (χ0) is 10.8. The molecule has 0 N–H and O–H groups in total. The van der Waals surface area contributed by atoms with Crippen LogP contribution in [-0.4, -0.2) is 25.9 Å². The fourth-order valence-electron chi connectivity index (χ4n) is 1.51. The molecule has 0 radical (unpaired) electrons. The molecule has 15 heavy (non-hydrogen) atoms. The predicted octanol–water partition coefficient (Wildman–Crippen LogP) is 2.35. The fraction of sp³-hybridized carbons (Fsp3) is 0.300. The first-order valence-corrected chi connectivity index (χ1v) is 4.85. The highest BCUT2D eigenvalue weighted by atomic mass is 35.5. The Morgan fingerprint density at radius 1 is 1.40 bits per heavy atom. The van der Waals surface area contributed by atoms with Gasteiger partial charge in [-0.3, -0.25) is 4.84 Å². The van der Waals surface area contributed by atoms with Crippen molar-refractivity contribution < 1.29 is 9.57 Å². The number of para-hydroxylation sites is 1. The van der Waals surface area contributed by atoms with Crippen LogP contribution in [0.3, 0.4) is 0 Å². The number of fused-ring (bicyclic) bond motifs is 1. The number of rotatable bonds is 2. The van der Waals surface area contributed by atoms with Gasteiger partial charge in [0, 0.05) is 0 Å². The second-order valence-corrected chi connectivity index (χ2v) is 3.47. The van der Waals surface area contributed by atoms with Crippen LogP contribution in [0.25, 0.3) is 0 Å². The summed E-state index contributed by atoms with van der Waals surface area (Å²) in [7, 11) is 3.20. The molecule has 1 aliphatic heterocycles. The summed E-state index contributed by atoms with van der Waals surface area (Å²) in [6.45, 7) is 0.457. The summed E-state index contributed by atoms with van der Waals surface area (Å²) in [5.41, 5.74) is 1.57. The maximum absolute atomic E-state index is 5.92. The molecule has 0 amide bonds.